The van der Waals surface area contributed by atoms with Gasteiger partial charge >= 0.3 is 0 Å². The Morgan fingerprint density at radius 2 is 2.56 bits per heavy atom. The van der Waals surface area contributed by atoms with E-state index in [2.05, 4.69) is 16.3 Å². The van der Waals surface area contributed by atoms with Gasteiger partial charge in [-0.2, -0.15) is 11.3 Å². The average Bonchev–Trinajstić information content (AvgIpc) is 2.34. The van der Waals surface area contributed by atoms with E-state index in [1.807, 2.05) is 5.38 Å². The molecular weight excluding hydrogens is 130 g/mol. The van der Waals surface area contributed by atoms with Crippen LogP contribution in [-0.4, -0.2) is 6.54 Å². The minimum Gasteiger partial charge on any atom is -0.317 e. The molecule has 2 heteroatoms. The number of hydrogen-bond acceptors (Lipinski definition) is 1. The van der Waals surface area contributed by atoms with E-state index in [9.17, 15) is 0 Å². The molecule has 0 unspecified atom stereocenters. The fourth-order valence-corrected chi connectivity index (χ4v) is 1.32. The van der Waals surface area contributed by atoms with E-state index in [-0.39, 0.29) is 0 Å². The second-order valence-electron chi connectivity index (χ2n) is 1.76. The summed E-state index contributed by atoms with van der Waals surface area (Å²) in [5.74, 6) is 0. The predicted octanol–water partition coefficient (Wildman–Crippen LogP) is 2.21. The molecule has 1 heterocycles. The molecule has 46 valence electrons. The van der Waals surface area contributed by atoms with Crippen LogP contribution in [0.1, 0.15) is 5.56 Å². The Morgan fingerprint density at radius 1 is 1.67 bits per heavy atom. The van der Waals surface area contributed by atoms with E-state index in [1.165, 1.54) is 5.56 Å². The maximum atomic E-state index is 6.53. The topological polar surface area (TPSA) is 4.36 Å². The Hall–Kier alpha value is -0.810. The van der Waals surface area contributed by atoms with Gasteiger partial charge in [0.2, 0.25) is 6.54 Å². The number of nitrogens with zero attached hydrogens (tertiary/aromatic N) is 1. The van der Waals surface area contributed by atoms with Gasteiger partial charge in [-0.15, -0.1) is 0 Å². The van der Waals surface area contributed by atoms with Crippen LogP contribution >= 0.6 is 11.3 Å². The van der Waals surface area contributed by atoms with Gasteiger partial charge in [0.1, 0.15) is 0 Å². The first-order chi connectivity index (χ1) is 4.43. The Kier molecular flexibility index (Phi) is 2.29. The highest BCUT2D eigenvalue weighted by atomic mass is 32.1. The highest BCUT2D eigenvalue weighted by molar-refractivity contribution is 7.07. The van der Waals surface area contributed by atoms with Crippen molar-refractivity contribution < 1.29 is 0 Å². The van der Waals surface area contributed by atoms with Crippen LogP contribution in [0.2, 0.25) is 0 Å². The van der Waals surface area contributed by atoms with Gasteiger partial charge in [0.25, 0.3) is 0 Å². The fraction of sp³-hybridized carbons (Fsp3) is 0.286. The summed E-state index contributed by atoms with van der Waals surface area (Å²) < 4.78 is 0. The summed E-state index contributed by atoms with van der Waals surface area (Å²) in [5, 5.41) is 4.13. The summed E-state index contributed by atoms with van der Waals surface area (Å²) in [6.45, 7) is 7.16. The van der Waals surface area contributed by atoms with Crippen molar-refractivity contribution in [3.63, 3.8) is 0 Å². The lowest BCUT2D eigenvalue weighted by molar-refractivity contribution is 1.09. The van der Waals surface area contributed by atoms with E-state index in [1.54, 1.807) is 11.3 Å². The third kappa shape index (κ3) is 1.87. The molecule has 0 radical (unpaired) electrons. The van der Waals surface area contributed by atoms with E-state index in [0.29, 0.717) is 6.54 Å². The smallest absolute Gasteiger partial charge is 0.218 e. The van der Waals surface area contributed by atoms with Crippen molar-refractivity contribution in [1.82, 2.24) is 0 Å². The minimum absolute atomic E-state index is 0.622. The Bertz CT molecular complexity index is 195. The molecule has 1 aromatic rings. The van der Waals surface area contributed by atoms with E-state index < -0.39 is 0 Å². The van der Waals surface area contributed by atoms with Crippen LogP contribution in [0.15, 0.2) is 16.8 Å². The Labute approximate surface area is 58.8 Å². The molecule has 0 aromatic carbocycles. The van der Waals surface area contributed by atoms with Crippen molar-refractivity contribution in [3.05, 3.63) is 33.8 Å². The SMILES string of the molecule is [C-]#[N+]CCc1ccsc1. The molecule has 0 aliphatic carbocycles. The normalized spacial score (nSPS) is 8.78. The second-order valence-corrected chi connectivity index (χ2v) is 2.54. The zero-order valence-corrected chi connectivity index (χ0v) is 5.82. The molecule has 0 aliphatic rings. The number of hydrogen-bond donors (Lipinski definition) is 0. The van der Waals surface area contributed by atoms with E-state index >= 15 is 0 Å². The van der Waals surface area contributed by atoms with Gasteiger partial charge < -0.3 is 4.85 Å². The van der Waals surface area contributed by atoms with Crippen LogP contribution in [0.5, 0.6) is 0 Å². The Balaban J connectivity index is 2.41. The third-order valence-electron chi connectivity index (χ3n) is 1.09. The lowest BCUT2D eigenvalue weighted by atomic mass is 10.2. The molecule has 0 amide bonds. The first-order valence-electron chi connectivity index (χ1n) is 2.78. The molecule has 1 aromatic heterocycles. The second kappa shape index (κ2) is 3.26. The monoisotopic (exact) mass is 137 g/mol. The minimum atomic E-state index is 0.622. The zero-order valence-electron chi connectivity index (χ0n) is 5.00. The summed E-state index contributed by atoms with van der Waals surface area (Å²) in [7, 11) is 0. The van der Waals surface area contributed by atoms with Gasteiger partial charge in [0.05, 0.1) is 0 Å². The molecule has 0 bridgehead atoms. The van der Waals surface area contributed by atoms with Gasteiger partial charge in [-0.3, -0.25) is 0 Å². The average molecular weight is 137 g/mol. The van der Waals surface area contributed by atoms with Crippen LogP contribution < -0.4 is 0 Å². The molecule has 1 rings (SSSR count). The lowest BCUT2D eigenvalue weighted by Gasteiger charge is -1.82. The molecule has 0 aliphatic heterocycles. The quantitative estimate of drug-likeness (QED) is 0.550. The summed E-state index contributed by atoms with van der Waals surface area (Å²) >= 11 is 1.69. The molecule has 0 atom stereocenters. The highest BCUT2D eigenvalue weighted by Crippen LogP contribution is 2.05. The number of rotatable bonds is 2. The largest absolute Gasteiger partial charge is 0.317 e. The van der Waals surface area contributed by atoms with Gasteiger partial charge in [0, 0.05) is 6.42 Å². The lowest BCUT2D eigenvalue weighted by Crippen LogP contribution is -1.81. The van der Waals surface area contributed by atoms with Crippen LogP contribution in [-0.2, 0) is 6.42 Å². The molecule has 1 nitrogen and oxygen atoms in total. The molecule has 0 saturated heterocycles. The molecule has 0 fully saturated rings. The summed E-state index contributed by atoms with van der Waals surface area (Å²) in [6, 6.07) is 2.07. The van der Waals surface area contributed by atoms with Gasteiger partial charge in [-0.05, 0) is 22.4 Å². The molecule has 0 N–H and O–H groups in total. The first-order valence-corrected chi connectivity index (χ1v) is 3.72. The summed E-state index contributed by atoms with van der Waals surface area (Å²) in [6.07, 6.45) is 0.910. The van der Waals surface area contributed by atoms with Crippen LogP contribution in [0.25, 0.3) is 4.85 Å². The van der Waals surface area contributed by atoms with E-state index in [0.717, 1.165) is 6.42 Å². The number of thiophene rings is 1. The Morgan fingerprint density at radius 3 is 3.11 bits per heavy atom. The van der Waals surface area contributed by atoms with Crippen LogP contribution in [0.4, 0.5) is 0 Å². The molecule has 0 saturated carbocycles. The van der Waals surface area contributed by atoms with Crippen molar-refractivity contribution in [1.29, 1.82) is 0 Å². The van der Waals surface area contributed by atoms with Gasteiger partial charge in [-0.25, -0.2) is 6.57 Å². The molecular formula is C7H7NS. The maximum absolute atomic E-state index is 6.53. The standard InChI is InChI=1S/C7H7NS/c1-8-4-2-7-3-5-9-6-7/h3,5-6H,2,4H2. The van der Waals surface area contributed by atoms with Crippen molar-refractivity contribution in [2.24, 2.45) is 0 Å². The maximum Gasteiger partial charge on any atom is 0.218 e. The van der Waals surface area contributed by atoms with Gasteiger partial charge in [0.15, 0.2) is 0 Å². The molecule has 9 heavy (non-hydrogen) atoms. The first kappa shape index (κ1) is 6.31. The van der Waals surface area contributed by atoms with Crippen molar-refractivity contribution >= 4 is 11.3 Å². The fourth-order valence-electron chi connectivity index (χ4n) is 0.620. The third-order valence-corrected chi connectivity index (χ3v) is 1.82. The summed E-state index contributed by atoms with van der Waals surface area (Å²) in [4.78, 5) is 3.27. The van der Waals surface area contributed by atoms with Crippen LogP contribution in [0, 0.1) is 6.57 Å². The summed E-state index contributed by atoms with van der Waals surface area (Å²) in [5.41, 5.74) is 1.29. The zero-order chi connectivity index (χ0) is 6.53. The highest BCUT2D eigenvalue weighted by Gasteiger charge is 1.91. The van der Waals surface area contributed by atoms with Gasteiger partial charge in [-0.1, -0.05) is 0 Å². The van der Waals surface area contributed by atoms with Crippen molar-refractivity contribution in [3.8, 4) is 0 Å². The van der Waals surface area contributed by atoms with Crippen LogP contribution in [0.3, 0.4) is 0 Å². The molecule has 0 spiro atoms. The van der Waals surface area contributed by atoms with Crippen molar-refractivity contribution in [2.75, 3.05) is 6.54 Å². The van der Waals surface area contributed by atoms with E-state index in [4.69, 9.17) is 6.57 Å². The predicted molar refractivity (Wildman–Crippen MR) is 39.5 cm³/mol. The van der Waals surface area contributed by atoms with Crippen molar-refractivity contribution in [2.45, 2.75) is 6.42 Å².